The van der Waals surface area contributed by atoms with Gasteiger partial charge in [0.2, 0.25) is 0 Å². The number of nitrogens with one attached hydrogen (secondary N) is 1. The van der Waals surface area contributed by atoms with Crippen molar-refractivity contribution in [2.24, 2.45) is 0 Å². The second-order valence-corrected chi connectivity index (χ2v) is 6.65. The second-order valence-electron chi connectivity index (χ2n) is 6.26. The number of hydrogen-bond acceptors (Lipinski definition) is 4. The van der Waals surface area contributed by atoms with Crippen molar-refractivity contribution < 1.29 is 9.84 Å². The molecule has 0 spiro atoms. The van der Waals surface area contributed by atoms with Gasteiger partial charge in [-0.2, -0.15) is 5.10 Å². The van der Waals surface area contributed by atoms with Gasteiger partial charge in [0, 0.05) is 24.5 Å². The van der Waals surface area contributed by atoms with Crippen LogP contribution in [0.2, 0.25) is 0 Å². The number of fused-ring (bicyclic) bond motifs is 1. The Morgan fingerprint density at radius 3 is 2.88 bits per heavy atom. The van der Waals surface area contributed by atoms with Crippen molar-refractivity contribution in [1.29, 1.82) is 0 Å². The Hall–Kier alpha value is -2.70. The largest absolute Gasteiger partial charge is 0.512 e. The zero-order valence-corrected chi connectivity index (χ0v) is 15.2. The molecule has 2 N–H and O–H groups in total. The highest BCUT2D eigenvalue weighted by Gasteiger charge is 2.19. The van der Waals surface area contributed by atoms with Crippen LogP contribution in [0.15, 0.2) is 60.4 Å². The Balaban J connectivity index is 1.88. The fourth-order valence-electron chi connectivity index (χ4n) is 3.34. The van der Waals surface area contributed by atoms with Crippen LogP contribution in [0.1, 0.15) is 18.7 Å². The molecule has 0 fully saturated rings. The summed E-state index contributed by atoms with van der Waals surface area (Å²) in [6, 6.07) is 14.3. The highest BCUT2D eigenvalue weighted by Crippen LogP contribution is 2.29. The number of benzene rings is 2. The van der Waals surface area contributed by atoms with Gasteiger partial charge in [0.1, 0.15) is 0 Å². The van der Waals surface area contributed by atoms with Crippen molar-refractivity contribution in [3.05, 3.63) is 71.0 Å². The van der Waals surface area contributed by atoms with Crippen LogP contribution in [0.4, 0.5) is 0 Å². The molecule has 1 aromatic heterocycles. The van der Waals surface area contributed by atoms with Gasteiger partial charge >= 0.3 is 0 Å². The summed E-state index contributed by atoms with van der Waals surface area (Å²) in [6.07, 6.45) is 4.73. The van der Waals surface area contributed by atoms with Gasteiger partial charge in [-0.3, -0.25) is 9.67 Å². The van der Waals surface area contributed by atoms with Crippen molar-refractivity contribution in [1.82, 2.24) is 14.8 Å². The van der Waals surface area contributed by atoms with Gasteiger partial charge in [-0.1, -0.05) is 42.5 Å². The van der Waals surface area contributed by atoms with Gasteiger partial charge in [-0.25, -0.2) is 0 Å². The van der Waals surface area contributed by atoms with E-state index < -0.39 is 0 Å². The van der Waals surface area contributed by atoms with Crippen LogP contribution in [0.3, 0.4) is 0 Å². The summed E-state index contributed by atoms with van der Waals surface area (Å²) in [7, 11) is 1.64. The maximum Gasteiger partial charge on any atom is 0.200 e. The summed E-state index contributed by atoms with van der Waals surface area (Å²) in [6.45, 7) is 0. The van der Waals surface area contributed by atoms with Gasteiger partial charge in [0.25, 0.3) is 0 Å². The van der Waals surface area contributed by atoms with Gasteiger partial charge in [0.05, 0.1) is 17.6 Å². The summed E-state index contributed by atoms with van der Waals surface area (Å²) >= 11 is 5.51. The zero-order chi connectivity index (χ0) is 18.1. The Labute approximate surface area is 156 Å². The number of ether oxygens (including phenoxy) is 1. The van der Waals surface area contributed by atoms with Crippen molar-refractivity contribution in [3.8, 4) is 5.69 Å². The van der Waals surface area contributed by atoms with E-state index in [-0.39, 0.29) is 11.9 Å². The molecule has 0 amide bonds. The van der Waals surface area contributed by atoms with Crippen molar-refractivity contribution >= 4 is 28.6 Å². The lowest BCUT2D eigenvalue weighted by Gasteiger charge is -2.12. The van der Waals surface area contributed by atoms with E-state index in [1.165, 1.54) is 0 Å². The zero-order valence-electron chi connectivity index (χ0n) is 14.3. The van der Waals surface area contributed by atoms with Crippen LogP contribution in [-0.4, -0.2) is 33.1 Å². The van der Waals surface area contributed by atoms with Gasteiger partial charge in [-0.05, 0) is 36.2 Å². The summed E-state index contributed by atoms with van der Waals surface area (Å²) in [4.78, 5) is 0. The van der Waals surface area contributed by atoms with Crippen LogP contribution >= 0.6 is 12.2 Å². The normalized spacial score (nSPS) is 17.7. The molecule has 2 aromatic carbocycles. The molecule has 1 atom stereocenters. The third-order valence-electron chi connectivity index (χ3n) is 4.62. The highest BCUT2D eigenvalue weighted by atomic mass is 32.1. The summed E-state index contributed by atoms with van der Waals surface area (Å²) in [5.74, 6) is 0.988. The number of allylic oxidation sites excluding steroid dienone is 1. The maximum atomic E-state index is 10.2. The van der Waals surface area contributed by atoms with Crippen LogP contribution < -0.4 is 0 Å². The monoisotopic (exact) mass is 365 g/mol. The van der Waals surface area contributed by atoms with E-state index in [0.717, 1.165) is 22.0 Å². The predicted octanol–water partition coefficient (Wildman–Crippen LogP) is 4.72. The molecule has 0 saturated heterocycles. The lowest BCUT2D eigenvalue weighted by molar-refractivity contribution is 0.141. The second kappa shape index (κ2) is 6.90. The molecule has 5 nitrogen and oxygen atoms in total. The maximum absolute atomic E-state index is 10.2. The molecule has 0 saturated carbocycles. The van der Waals surface area contributed by atoms with Crippen LogP contribution in [0, 0.1) is 4.77 Å². The predicted molar refractivity (Wildman–Crippen MR) is 105 cm³/mol. The molecule has 0 radical (unpaired) electrons. The highest BCUT2D eigenvalue weighted by molar-refractivity contribution is 7.71. The minimum absolute atomic E-state index is 0.139. The first-order valence-electron chi connectivity index (χ1n) is 8.45. The molecule has 132 valence electrons. The number of hydrogen-bond donors (Lipinski definition) is 2. The lowest BCUT2D eigenvalue weighted by Crippen LogP contribution is -2.05. The first-order chi connectivity index (χ1) is 12.7. The number of methoxy groups -OCH3 is 1. The molecule has 0 bridgehead atoms. The number of H-pyrrole nitrogens is 1. The average molecular weight is 365 g/mol. The number of rotatable bonds is 3. The van der Waals surface area contributed by atoms with E-state index in [2.05, 4.69) is 34.5 Å². The molecule has 4 rings (SSSR count). The first-order valence-corrected chi connectivity index (χ1v) is 8.85. The van der Waals surface area contributed by atoms with E-state index in [0.29, 0.717) is 23.4 Å². The SMILES string of the molecule is COC1C=C(O)CC(c2n[nH]c(=S)n2-c2cccc3ccccc23)=CC1. The summed E-state index contributed by atoms with van der Waals surface area (Å²) in [5.41, 5.74) is 1.88. The molecule has 26 heavy (non-hydrogen) atoms. The Morgan fingerprint density at radius 1 is 1.23 bits per heavy atom. The van der Waals surface area contributed by atoms with Gasteiger partial charge < -0.3 is 9.84 Å². The van der Waals surface area contributed by atoms with Crippen molar-refractivity contribution in [3.63, 3.8) is 0 Å². The minimum Gasteiger partial charge on any atom is -0.512 e. The third-order valence-corrected chi connectivity index (χ3v) is 4.89. The van der Waals surface area contributed by atoms with E-state index in [9.17, 15) is 5.11 Å². The van der Waals surface area contributed by atoms with E-state index >= 15 is 0 Å². The fraction of sp³-hybridized carbons (Fsp3) is 0.200. The number of aliphatic hydroxyl groups excluding tert-OH is 1. The van der Waals surface area contributed by atoms with E-state index in [1.54, 1.807) is 13.2 Å². The Morgan fingerprint density at radius 2 is 2.04 bits per heavy atom. The smallest absolute Gasteiger partial charge is 0.200 e. The topological polar surface area (TPSA) is 63.1 Å². The van der Waals surface area contributed by atoms with Crippen LogP contribution in [0.25, 0.3) is 22.0 Å². The quantitative estimate of drug-likeness (QED) is 0.660. The Kier molecular flexibility index (Phi) is 4.44. The van der Waals surface area contributed by atoms with E-state index in [4.69, 9.17) is 17.0 Å². The Bertz CT molecular complexity index is 1070. The fourth-order valence-corrected chi connectivity index (χ4v) is 3.57. The minimum atomic E-state index is -0.139. The molecular formula is C20H19N3O2S. The lowest BCUT2D eigenvalue weighted by atomic mass is 10.1. The summed E-state index contributed by atoms with van der Waals surface area (Å²) in [5, 5.41) is 19.8. The molecule has 6 heteroatoms. The number of aromatic nitrogens is 3. The molecule has 1 heterocycles. The van der Waals surface area contributed by atoms with Crippen LogP contribution in [-0.2, 0) is 4.74 Å². The van der Waals surface area contributed by atoms with Crippen molar-refractivity contribution in [2.75, 3.05) is 7.11 Å². The molecule has 1 unspecified atom stereocenters. The first kappa shape index (κ1) is 16.8. The number of aliphatic hydroxyl groups is 1. The third kappa shape index (κ3) is 2.98. The number of nitrogens with zero attached hydrogens (tertiary/aromatic N) is 2. The van der Waals surface area contributed by atoms with Crippen molar-refractivity contribution in [2.45, 2.75) is 18.9 Å². The summed E-state index contributed by atoms with van der Waals surface area (Å²) < 4.78 is 7.82. The molecule has 1 aliphatic rings. The van der Waals surface area contributed by atoms with E-state index in [1.807, 2.05) is 28.8 Å². The molecule has 0 aliphatic heterocycles. The average Bonchev–Trinajstić information content (AvgIpc) is 2.93. The van der Waals surface area contributed by atoms with Crippen LogP contribution in [0.5, 0.6) is 0 Å². The van der Waals surface area contributed by atoms with Gasteiger partial charge in [-0.15, -0.1) is 0 Å². The number of aromatic amines is 1. The standard InChI is InChI=1S/C20H19N3O2S/c1-25-16-10-9-14(11-15(24)12-16)19-21-22-20(26)23(19)18-8-4-6-13-5-2-3-7-17(13)18/h2-9,12,16,24H,10-11H2,1H3,(H,22,26). The molecular weight excluding hydrogens is 346 g/mol. The molecule has 1 aliphatic carbocycles. The van der Waals surface area contributed by atoms with Gasteiger partial charge in [0.15, 0.2) is 10.6 Å². The molecule has 3 aromatic rings.